The van der Waals surface area contributed by atoms with Gasteiger partial charge in [-0.3, -0.25) is 0 Å². The molecule has 0 spiro atoms. The van der Waals surface area contributed by atoms with Crippen LogP contribution in [0.1, 0.15) is 81.1 Å². The normalized spacial score (nSPS) is 23.3. The number of nitrogens with one attached hydrogen (secondary N) is 1. The Morgan fingerprint density at radius 2 is 1.67 bits per heavy atom. The number of benzene rings is 1. The van der Waals surface area contributed by atoms with Crippen LogP contribution >= 0.6 is 11.6 Å². The van der Waals surface area contributed by atoms with Gasteiger partial charge in [0.05, 0.1) is 11.6 Å². The fourth-order valence-electron chi connectivity index (χ4n) is 6.68. The highest BCUT2D eigenvalue weighted by atomic mass is 35.5. The molecule has 33 heavy (non-hydrogen) atoms. The van der Waals surface area contributed by atoms with Crippen LogP contribution in [-0.4, -0.2) is 45.7 Å². The third kappa shape index (κ3) is 5.91. The number of fused-ring (bicyclic) bond motifs is 1. The van der Waals surface area contributed by atoms with Crippen LogP contribution in [0.15, 0.2) is 18.2 Å². The van der Waals surface area contributed by atoms with Crippen molar-refractivity contribution in [2.45, 2.75) is 115 Å². The average molecular weight is 495 g/mol. The largest absolute Gasteiger partial charge is 0.490 e. The molecule has 0 unspecified atom stereocenters. The molecule has 2 fully saturated rings. The highest BCUT2D eigenvalue weighted by Gasteiger charge is 2.45. The maximum Gasteiger partial charge on any atom is 0.200 e. The molecule has 2 aliphatic rings. The second-order valence-electron chi connectivity index (χ2n) is 11.7. The second-order valence-corrected chi connectivity index (χ2v) is 17.6. The van der Waals surface area contributed by atoms with Crippen molar-refractivity contribution in [2.75, 3.05) is 24.7 Å². The minimum Gasteiger partial charge on any atom is -0.490 e. The van der Waals surface area contributed by atoms with Crippen molar-refractivity contribution >= 4 is 25.6 Å². The summed E-state index contributed by atoms with van der Waals surface area (Å²) in [7, 11) is -1.87. The SMILES string of the molecule is CC(C)[Si](OCCOc1ccc(N2CC(C)(C)N[C@H]3CCCC[C@@H]32)cc1Cl)(C(C)C)C(C)C. The number of hydrogen-bond acceptors (Lipinski definition) is 4. The summed E-state index contributed by atoms with van der Waals surface area (Å²) in [4.78, 5) is 2.58. The number of ether oxygens (including phenoxy) is 1. The Kier molecular flexibility index (Phi) is 8.85. The topological polar surface area (TPSA) is 33.7 Å². The monoisotopic (exact) mass is 494 g/mol. The summed E-state index contributed by atoms with van der Waals surface area (Å²) in [5.41, 5.74) is 3.03. The highest BCUT2D eigenvalue weighted by molar-refractivity contribution is 6.77. The first kappa shape index (κ1) is 26.8. The lowest BCUT2D eigenvalue weighted by Gasteiger charge is -2.52. The van der Waals surface area contributed by atoms with Gasteiger partial charge in [0.25, 0.3) is 0 Å². The maximum atomic E-state index is 6.72. The molecule has 0 aromatic heterocycles. The van der Waals surface area contributed by atoms with Crippen LogP contribution in [-0.2, 0) is 4.43 Å². The van der Waals surface area contributed by atoms with Gasteiger partial charge in [0.15, 0.2) is 8.32 Å². The number of piperazine rings is 1. The van der Waals surface area contributed by atoms with Gasteiger partial charge in [-0.1, -0.05) is 66.0 Å². The van der Waals surface area contributed by atoms with Gasteiger partial charge in [0.2, 0.25) is 0 Å². The lowest BCUT2D eigenvalue weighted by molar-refractivity contribution is 0.197. The predicted octanol–water partition coefficient (Wildman–Crippen LogP) is 7.41. The summed E-state index contributed by atoms with van der Waals surface area (Å²) in [5, 5.41) is 4.57. The van der Waals surface area contributed by atoms with Crippen LogP contribution in [0.3, 0.4) is 0 Å². The molecular formula is C27H47ClN2O2Si. The molecule has 0 radical (unpaired) electrons. The van der Waals surface area contributed by atoms with Gasteiger partial charge in [0, 0.05) is 29.9 Å². The number of hydrogen-bond donors (Lipinski definition) is 1. The van der Waals surface area contributed by atoms with E-state index in [-0.39, 0.29) is 5.54 Å². The first-order valence-corrected chi connectivity index (χ1v) is 15.6. The molecule has 1 aromatic rings. The molecule has 6 heteroatoms. The molecule has 0 bridgehead atoms. The van der Waals surface area contributed by atoms with Crippen molar-refractivity contribution in [1.29, 1.82) is 0 Å². The zero-order valence-electron chi connectivity index (χ0n) is 22.2. The third-order valence-electron chi connectivity index (χ3n) is 7.92. The van der Waals surface area contributed by atoms with Crippen LogP contribution in [0, 0.1) is 0 Å². The Labute approximate surface area is 208 Å². The van der Waals surface area contributed by atoms with Crippen LogP contribution in [0.25, 0.3) is 0 Å². The van der Waals surface area contributed by atoms with E-state index in [1.54, 1.807) is 0 Å². The van der Waals surface area contributed by atoms with E-state index in [0.29, 0.717) is 46.9 Å². The molecule has 1 aliphatic heterocycles. The summed E-state index contributed by atoms with van der Waals surface area (Å²) >= 11 is 6.72. The second kappa shape index (κ2) is 10.9. The van der Waals surface area contributed by atoms with E-state index in [2.05, 4.69) is 77.7 Å². The van der Waals surface area contributed by atoms with Crippen molar-refractivity contribution in [3.8, 4) is 5.75 Å². The lowest BCUT2D eigenvalue weighted by Crippen LogP contribution is -2.67. The minimum absolute atomic E-state index is 0.0944. The molecule has 1 saturated heterocycles. The molecule has 3 rings (SSSR count). The van der Waals surface area contributed by atoms with Gasteiger partial charge in [-0.2, -0.15) is 0 Å². The van der Waals surface area contributed by atoms with E-state index in [0.717, 1.165) is 12.3 Å². The first-order chi connectivity index (χ1) is 15.5. The van der Waals surface area contributed by atoms with Gasteiger partial charge in [-0.05, 0) is 61.5 Å². The molecule has 1 heterocycles. The first-order valence-electron chi connectivity index (χ1n) is 13.1. The lowest BCUT2D eigenvalue weighted by atomic mass is 9.83. The minimum atomic E-state index is -1.87. The summed E-state index contributed by atoms with van der Waals surface area (Å²) in [6.07, 6.45) is 5.13. The van der Waals surface area contributed by atoms with Crippen molar-refractivity contribution in [2.24, 2.45) is 0 Å². The Morgan fingerprint density at radius 1 is 1.03 bits per heavy atom. The molecule has 0 amide bonds. The summed E-state index contributed by atoms with van der Waals surface area (Å²) in [6.45, 7) is 20.7. The fraction of sp³-hybridized carbons (Fsp3) is 0.778. The molecule has 188 valence electrons. The number of halogens is 1. The molecule has 4 nitrogen and oxygen atoms in total. The molecule has 1 aliphatic carbocycles. The van der Waals surface area contributed by atoms with E-state index >= 15 is 0 Å². The average Bonchev–Trinajstić information content (AvgIpc) is 2.72. The smallest absolute Gasteiger partial charge is 0.200 e. The quantitative estimate of drug-likeness (QED) is 0.286. The third-order valence-corrected chi connectivity index (χ3v) is 14.3. The van der Waals surface area contributed by atoms with E-state index in [1.165, 1.54) is 31.4 Å². The molecular weight excluding hydrogens is 448 g/mol. The van der Waals surface area contributed by atoms with Gasteiger partial charge >= 0.3 is 0 Å². The zero-order valence-corrected chi connectivity index (χ0v) is 24.0. The Hall–Kier alpha value is -0.753. The van der Waals surface area contributed by atoms with Crippen LogP contribution < -0.4 is 15.0 Å². The van der Waals surface area contributed by atoms with Gasteiger partial charge in [-0.15, -0.1) is 0 Å². The van der Waals surface area contributed by atoms with E-state index in [4.69, 9.17) is 20.8 Å². The van der Waals surface area contributed by atoms with E-state index in [9.17, 15) is 0 Å². The van der Waals surface area contributed by atoms with Crippen LogP contribution in [0.4, 0.5) is 5.69 Å². The van der Waals surface area contributed by atoms with E-state index in [1.807, 2.05) is 6.07 Å². The van der Waals surface area contributed by atoms with Crippen LogP contribution in [0.5, 0.6) is 5.75 Å². The van der Waals surface area contributed by atoms with E-state index < -0.39 is 8.32 Å². The van der Waals surface area contributed by atoms with Gasteiger partial charge < -0.3 is 19.4 Å². The zero-order chi connectivity index (χ0) is 24.4. The van der Waals surface area contributed by atoms with Gasteiger partial charge in [0.1, 0.15) is 12.4 Å². The van der Waals surface area contributed by atoms with Crippen molar-refractivity contribution in [1.82, 2.24) is 5.32 Å². The Morgan fingerprint density at radius 3 is 2.27 bits per heavy atom. The predicted molar refractivity (Wildman–Crippen MR) is 145 cm³/mol. The van der Waals surface area contributed by atoms with Crippen molar-refractivity contribution < 1.29 is 9.16 Å². The fourth-order valence-corrected chi connectivity index (χ4v) is 12.3. The van der Waals surface area contributed by atoms with Crippen molar-refractivity contribution in [3.05, 3.63) is 23.2 Å². The van der Waals surface area contributed by atoms with Crippen molar-refractivity contribution in [3.63, 3.8) is 0 Å². The summed E-state index contributed by atoms with van der Waals surface area (Å²) in [5.74, 6) is 0.754. The number of anilines is 1. The maximum absolute atomic E-state index is 6.72. The molecule has 2 atom stereocenters. The van der Waals surface area contributed by atoms with Gasteiger partial charge in [-0.25, -0.2) is 0 Å². The summed E-state index contributed by atoms with van der Waals surface area (Å²) < 4.78 is 12.7. The Bertz CT molecular complexity index is 762. The molecule has 1 aromatic carbocycles. The number of nitrogens with zero attached hydrogens (tertiary/aromatic N) is 1. The number of rotatable bonds is 9. The van der Waals surface area contributed by atoms with Crippen LogP contribution in [0.2, 0.25) is 21.6 Å². The highest BCUT2D eigenvalue weighted by Crippen LogP contribution is 2.42. The molecule has 1 saturated carbocycles. The molecule has 1 N–H and O–H groups in total. The standard InChI is InChI=1S/C27H47ClN2O2Si/c1-19(2)33(20(3)4,21(5)6)32-16-15-31-26-14-13-22(17-23(26)28)30-18-27(7,8)29-24-11-9-10-12-25(24)30/h13-14,17,19-21,24-25,29H,9-12,15-16,18H2,1-8H3/t24-,25-/m0/s1. The summed E-state index contributed by atoms with van der Waals surface area (Å²) in [6, 6.07) is 7.43. The Balaban J connectivity index is 1.65.